The predicted octanol–water partition coefficient (Wildman–Crippen LogP) is 3.38. The third-order valence-electron chi connectivity index (χ3n) is 4.07. The average Bonchev–Trinajstić information content (AvgIpc) is 2.89. The SMILES string of the molecule is CC1CCN(Cc2ccn(-c3c(F)cccc3F)n2)CC1. The lowest BCUT2D eigenvalue weighted by molar-refractivity contribution is 0.183. The van der Waals surface area contributed by atoms with Crippen LogP contribution >= 0.6 is 0 Å². The summed E-state index contributed by atoms with van der Waals surface area (Å²) in [6.45, 7) is 5.12. The number of benzene rings is 1. The second-order valence-electron chi connectivity index (χ2n) is 5.78. The molecule has 0 N–H and O–H groups in total. The van der Waals surface area contributed by atoms with Crippen molar-refractivity contribution in [2.45, 2.75) is 26.3 Å². The van der Waals surface area contributed by atoms with Gasteiger partial charge in [-0.05, 0) is 50.0 Å². The van der Waals surface area contributed by atoms with Crippen LogP contribution in [0.15, 0.2) is 30.5 Å². The van der Waals surface area contributed by atoms with Crippen LogP contribution in [0.4, 0.5) is 8.78 Å². The second-order valence-corrected chi connectivity index (χ2v) is 5.78. The maximum Gasteiger partial charge on any atom is 0.151 e. The Bertz CT molecular complexity index is 595. The van der Waals surface area contributed by atoms with Gasteiger partial charge in [-0.3, -0.25) is 4.90 Å². The molecule has 1 aromatic heterocycles. The lowest BCUT2D eigenvalue weighted by Gasteiger charge is -2.29. The Morgan fingerprint density at radius 1 is 1.14 bits per heavy atom. The maximum atomic E-state index is 13.7. The highest BCUT2D eigenvalue weighted by molar-refractivity contribution is 5.34. The van der Waals surface area contributed by atoms with Crippen molar-refractivity contribution in [3.05, 3.63) is 47.8 Å². The Balaban J connectivity index is 1.75. The van der Waals surface area contributed by atoms with E-state index in [1.807, 2.05) is 6.07 Å². The van der Waals surface area contributed by atoms with E-state index in [4.69, 9.17) is 0 Å². The van der Waals surface area contributed by atoms with Gasteiger partial charge >= 0.3 is 0 Å². The number of piperidine rings is 1. The van der Waals surface area contributed by atoms with Crippen molar-refractivity contribution in [2.75, 3.05) is 13.1 Å². The van der Waals surface area contributed by atoms with E-state index in [9.17, 15) is 8.78 Å². The van der Waals surface area contributed by atoms with Gasteiger partial charge in [-0.1, -0.05) is 13.0 Å². The van der Waals surface area contributed by atoms with Crippen molar-refractivity contribution in [1.29, 1.82) is 0 Å². The van der Waals surface area contributed by atoms with Crippen LogP contribution in [0, 0.1) is 17.6 Å². The van der Waals surface area contributed by atoms with Gasteiger partial charge in [0, 0.05) is 12.7 Å². The van der Waals surface area contributed by atoms with E-state index in [0.29, 0.717) is 0 Å². The smallest absolute Gasteiger partial charge is 0.151 e. The molecule has 0 spiro atoms. The molecule has 21 heavy (non-hydrogen) atoms. The van der Waals surface area contributed by atoms with Crippen molar-refractivity contribution in [3.63, 3.8) is 0 Å². The molecular formula is C16H19F2N3. The Morgan fingerprint density at radius 3 is 2.48 bits per heavy atom. The van der Waals surface area contributed by atoms with Crippen LogP contribution in [0.5, 0.6) is 0 Å². The summed E-state index contributed by atoms with van der Waals surface area (Å²) in [5.41, 5.74) is 0.725. The molecule has 5 heteroatoms. The fourth-order valence-electron chi connectivity index (χ4n) is 2.73. The quantitative estimate of drug-likeness (QED) is 0.864. The van der Waals surface area contributed by atoms with Crippen molar-refractivity contribution >= 4 is 0 Å². The fraction of sp³-hybridized carbons (Fsp3) is 0.438. The standard InChI is InChI=1S/C16H19F2N3/c1-12-5-8-20(9-6-12)11-13-7-10-21(19-13)16-14(17)3-2-4-15(16)18/h2-4,7,10,12H,5-6,8-9,11H2,1H3. The lowest BCUT2D eigenvalue weighted by Crippen LogP contribution is -2.32. The minimum Gasteiger partial charge on any atom is -0.297 e. The molecular weight excluding hydrogens is 272 g/mol. The molecule has 0 unspecified atom stereocenters. The molecule has 0 bridgehead atoms. The summed E-state index contributed by atoms with van der Waals surface area (Å²) in [5.74, 6) is -0.417. The molecule has 0 aliphatic carbocycles. The summed E-state index contributed by atoms with van der Waals surface area (Å²) in [6, 6.07) is 5.66. The molecule has 1 aromatic carbocycles. The topological polar surface area (TPSA) is 21.1 Å². The Morgan fingerprint density at radius 2 is 1.81 bits per heavy atom. The summed E-state index contributed by atoms with van der Waals surface area (Å²) < 4.78 is 28.8. The van der Waals surface area contributed by atoms with Crippen molar-refractivity contribution in [1.82, 2.24) is 14.7 Å². The van der Waals surface area contributed by atoms with Gasteiger partial charge in [-0.15, -0.1) is 0 Å². The van der Waals surface area contributed by atoms with Crippen molar-refractivity contribution in [2.24, 2.45) is 5.92 Å². The van der Waals surface area contributed by atoms with Gasteiger partial charge in [-0.25, -0.2) is 13.5 Å². The molecule has 0 atom stereocenters. The Hall–Kier alpha value is -1.75. The van der Waals surface area contributed by atoms with E-state index in [1.54, 1.807) is 6.20 Å². The first-order chi connectivity index (χ1) is 10.1. The number of para-hydroxylation sites is 1. The monoisotopic (exact) mass is 291 g/mol. The minimum absolute atomic E-state index is 0.115. The number of rotatable bonds is 3. The highest BCUT2D eigenvalue weighted by atomic mass is 19.1. The molecule has 0 radical (unpaired) electrons. The molecule has 1 aliphatic heterocycles. The Kier molecular flexibility index (Phi) is 4.01. The van der Waals surface area contributed by atoms with Gasteiger partial charge in [0.1, 0.15) is 5.69 Å². The van der Waals surface area contributed by atoms with E-state index in [-0.39, 0.29) is 5.69 Å². The van der Waals surface area contributed by atoms with Crippen molar-refractivity contribution < 1.29 is 8.78 Å². The molecule has 112 valence electrons. The van der Waals surface area contributed by atoms with E-state index in [2.05, 4.69) is 16.9 Å². The third kappa shape index (κ3) is 3.13. The largest absolute Gasteiger partial charge is 0.297 e. The second kappa shape index (κ2) is 5.93. The summed E-state index contributed by atoms with van der Waals surface area (Å²) >= 11 is 0. The fourth-order valence-corrected chi connectivity index (χ4v) is 2.73. The number of hydrogen-bond donors (Lipinski definition) is 0. The molecule has 3 rings (SSSR count). The zero-order valence-corrected chi connectivity index (χ0v) is 12.1. The highest BCUT2D eigenvalue weighted by Gasteiger charge is 2.17. The first kappa shape index (κ1) is 14.2. The van der Waals surface area contributed by atoms with Crippen molar-refractivity contribution in [3.8, 4) is 5.69 Å². The zero-order valence-electron chi connectivity index (χ0n) is 12.1. The van der Waals surface area contributed by atoms with E-state index >= 15 is 0 Å². The molecule has 0 amide bonds. The zero-order chi connectivity index (χ0) is 14.8. The normalized spacial score (nSPS) is 17.3. The van der Waals surface area contributed by atoms with Crippen LogP contribution in [0.25, 0.3) is 5.69 Å². The molecule has 0 saturated carbocycles. The molecule has 1 fully saturated rings. The molecule has 2 heterocycles. The van der Waals surface area contributed by atoms with Gasteiger partial charge in [0.2, 0.25) is 0 Å². The van der Waals surface area contributed by atoms with Gasteiger partial charge in [0.15, 0.2) is 11.6 Å². The number of hydrogen-bond acceptors (Lipinski definition) is 2. The maximum absolute atomic E-state index is 13.7. The van der Waals surface area contributed by atoms with Crippen LogP contribution in [0.1, 0.15) is 25.5 Å². The third-order valence-corrected chi connectivity index (χ3v) is 4.07. The van der Waals surface area contributed by atoms with E-state index < -0.39 is 11.6 Å². The number of likely N-dealkylation sites (tertiary alicyclic amines) is 1. The van der Waals surface area contributed by atoms with Crippen LogP contribution < -0.4 is 0 Å². The average molecular weight is 291 g/mol. The van der Waals surface area contributed by atoms with Gasteiger partial charge in [0.05, 0.1) is 5.69 Å². The first-order valence-electron chi connectivity index (χ1n) is 7.35. The summed E-state index contributed by atoms with van der Waals surface area (Å²) in [4.78, 5) is 2.34. The molecule has 1 aliphatic rings. The summed E-state index contributed by atoms with van der Waals surface area (Å²) in [5, 5.41) is 4.31. The van der Waals surface area contributed by atoms with E-state index in [0.717, 1.165) is 31.2 Å². The Labute approximate surface area is 123 Å². The molecule has 1 saturated heterocycles. The number of aromatic nitrogens is 2. The van der Waals surface area contributed by atoms with Crippen LogP contribution in [-0.4, -0.2) is 27.8 Å². The highest BCUT2D eigenvalue weighted by Crippen LogP contribution is 2.19. The first-order valence-corrected chi connectivity index (χ1v) is 7.35. The predicted molar refractivity (Wildman–Crippen MR) is 77.2 cm³/mol. The van der Waals surface area contributed by atoms with Crippen LogP contribution in [0.2, 0.25) is 0 Å². The van der Waals surface area contributed by atoms with Gasteiger partial charge in [-0.2, -0.15) is 5.10 Å². The number of halogens is 2. The van der Waals surface area contributed by atoms with Gasteiger partial charge < -0.3 is 0 Å². The van der Waals surface area contributed by atoms with E-state index in [1.165, 1.54) is 35.7 Å². The lowest BCUT2D eigenvalue weighted by atomic mass is 9.99. The number of nitrogens with zero attached hydrogens (tertiary/aromatic N) is 3. The minimum atomic E-state index is -0.601. The summed E-state index contributed by atoms with van der Waals surface area (Å²) in [7, 11) is 0. The molecule has 3 nitrogen and oxygen atoms in total. The van der Waals surface area contributed by atoms with Crippen LogP contribution in [0.3, 0.4) is 0 Å². The van der Waals surface area contributed by atoms with Crippen LogP contribution in [-0.2, 0) is 6.54 Å². The summed E-state index contributed by atoms with van der Waals surface area (Å²) in [6.07, 6.45) is 4.01. The molecule has 2 aromatic rings. The van der Waals surface area contributed by atoms with Gasteiger partial charge in [0.25, 0.3) is 0 Å².